The minimum Gasteiger partial charge on any atom is -0.373 e. The van der Waals surface area contributed by atoms with Gasteiger partial charge in [-0.05, 0) is 12.3 Å². The van der Waals surface area contributed by atoms with Gasteiger partial charge in [0.2, 0.25) is 0 Å². The molecule has 0 aromatic rings. The summed E-state index contributed by atoms with van der Waals surface area (Å²) in [5.74, 6) is 1.15. The lowest BCUT2D eigenvalue weighted by molar-refractivity contribution is 0.388. The molecule has 1 unspecified atom stereocenters. The Morgan fingerprint density at radius 1 is 0.778 bits per heavy atom. The van der Waals surface area contributed by atoms with Crippen LogP contribution in [0.25, 0.3) is 0 Å². The highest BCUT2D eigenvalue weighted by Gasteiger charge is 2.20. The smallest absolute Gasteiger partial charge is 0.0810 e. The SMILES string of the molecule is CCCCCC1CC1.CCCCCCCC1CO1. The zero-order valence-electron chi connectivity index (χ0n) is 12.8. The highest BCUT2D eigenvalue weighted by molar-refractivity contribution is 4.72. The Bertz CT molecular complexity index is 170. The lowest BCUT2D eigenvalue weighted by atomic mass is 10.1. The molecule has 2 fully saturated rings. The Kier molecular flexibility index (Phi) is 9.65. The fourth-order valence-corrected chi connectivity index (χ4v) is 2.30. The average Bonchev–Trinajstić information content (AvgIpc) is 3.25. The fourth-order valence-electron chi connectivity index (χ4n) is 2.30. The van der Waals surface area contributed by atoms with Gasteiger partial charge in [0.25, 0.3) is 0 Å². The Balaban J connectivity index is 0.000000184. The first kappa shape index (κ1) is 16.0. The maximum Gasteiger partial charge on any atom is 0.0810 e. The van der Waals surface area contributed by atoms with Crippen molar-refractivity contribution in [2.45, 2.75) is 97.0 Å². The van der Waals surface area contributed by atoms with E-state index in [9.17, 15) is 0 Å². The summed E-state index contributed by atoms with van der Waals surface area (Å²) in [6, 6.07) is 0. The summed E-state index contributed by atoms with van der Waals surface area (Å²) < 4.78 is 5.12. The van der Waals surface area contributed by atoms with Crippen molar-refractivity contribution in [1.82, 2.24) is 0 Å². The van der Waals surface area contributed by atoms with E-state index >= 15 is 0 Å². The van der Waals surface area contributed by atoms with Gasteiger partial charge in [0.05, 0.1) is 12.7 Å². The van der Waals surface area contributed by atoms with E-state index in [1.165, 1.54) is 77.0 Å². The molecule has 1 aliphatic carbocycles. The Morgan fingerprint density at radius 2 is 1.33 bits per heavy atom. The van der Waals surface area contributed by atoms with Gasteiger partial charge in [0, 0.05) is 0 Å². The third kappa shape index (κ3) is 11.1. The normalized spacial score (nSPS) is 21.3. The first-order valence-electron chi connectivity index (χ1n) is 8.48. The van der Waals surface area contributed by atoms with Crippen molar-refractivity contribution < 1.29 is 4.74 Å². The largest absolute Gasteiger partial charge is 0.373 e. The molecule has 1 aliphatic heterocycles. The van der Waals surface area contributed by atoms with Crippen LogP contribution in [-0.4, -0.2) is 12.7 Å². The number of rotatable bonds is 10. The molecule has 1 nitrogen and oxygen atoms in total. The van der Waals surface area contributed by atoms with E-state index in [-0.39, 0.29) is 0 Å². The van der Waals surface area contributed by atoms with E-state index in [0.717, 1.165) is 12.5 Å². The Hall–Kier alpha value is -0.0400. The standard InChI is InChI=1S/C9H18O.C8H16/c1-2-3-4-5-6-7-9-8-10-9;1-2-3-4-5-8-6-7-8/h9H,2-8H2,1H3;8H,2-7H2,1H3. The molecule has 0 spiro atoms. The first-order chi connectivity index (χ1) is 8.86. The highest BCUT2D eigenvalue weighted by Crippen LogP contribution is 2.33. The summed E-state index contributed by atoms with van der Waals surface area (Å²) in [7, 11) is 0. The molecular weight excluding hydrogens is 220 g/mol. The molecule has 1 heterocycles. The van der Waals surface area contributed by atoms with Gasteiger partial charge in [0.15, 0.2) is 0 Å². The number of hydrogen-bond acceptors (Lipinski definition) is 1. The van der Waals surface area contributed by atoms with Crippen LogP contribution in [0.4, 0.5) is 0 Å². The van der Waals surface area contributed by atoms with Gasteiger partial charge in [-0.2, -0.15) is 0 Å². The van der Waals surface area contributed by atoms with Gasteiger partial charge in [-0.25, -0.2) is 0 Å². The maximum absolute atomic E-state index is 5.12. The summed E-state index contributed by atoms with van der Waals surface area (Å²) in [6.07, 6.45) is 17.8. The van der Waals surface area contributed by atoms with Crippen molar-refractivity contribution in [3.05, 3.63) is 0 Å². The molecule has 1 saturated heterocycles. The van der Waals surface area contributed by atoms with Crippen LogP contribution in [0.1, 0.15) is 90.9 Å². The van der Waals surface area contributed by atoms with Crippen LogP contribution in [0.5, 0.6) is 0 Å². The second-order valence-electron chi connectivity index (χ2n) is 6.10. The summed E-state index contributed by atoms with van der Waals surface area (Å²) in [5.41, 5.74) is 0. The molecule has 18 heavy (non-hydrogen) atoms. The van der Waals surface area contributed by atoms with E-state index in [0.29, 0.717) is 6.10 Å². The van der Waals surface area contributed by atoms with Crippen molar-refractivity contribution >= 4 is 0 Å². The lowest BCUT2D eigenvalue weighted by Gasteiger charge is -1.96. The van der Waals surface area contributed by atoms with Crippen molar-refractivity contribution in [1.29, 1.82) is 0 Å². The summed E-state index contributed by atoms with van der Waals surface area (Å²) in [4.78, 5) is 0. The van der Waals surface area contributed by atoms with Crippen molar-refractivity contribution in [3.63, 3.8) is 0 Å². The van der Waals surface area contributed by atoms with Crippen LogP contribution in [-0.2, 0) is 4.74 Å². The quantitative estimate of drug-likeness (QED) is 0.358. The molecule has 1 heteroatoms. The predicted molar refractivity (Wildman–Crippen MR) is 80.0 cm³/mol. The van der Waals surface area contributed by atoms with Gasteiger partial charge in [-0.15, -0.1) is 0 Å². The molecule has 108 valence electrons. The maximum atomic E-state index is 5.12. The molecule has 0 N–H and O–H groups in total. The van der Waals surface area contributed by atoms with E-state index in [1.807, 2.05) is 0 Å². The van der Waals surface area contributed by atoms with Gasteiger partial charge in [0.1, 0.15) is 0 Å². The third-order valence-corrected chi connectivity index (χ3v) is 3.94. The van der Waals surface area contributed by atoms with Crippen LogP contribution in [0.15, 0.2) is 0 Å². The van der Waals surface area contributed by atoms with Crippen LogP contribution in [0.2, 0.25) is 0 Å². The Labute approximate surface area is 115 Å². The Morgan fingerprint density at radius 3 is 1.89 bits per heavy atom. The fraction of sp³-hybridized carbons (Fsp3) is 1.00. The molecule has 2 rings (SSSR count). The zero-order valence-corrected chi connectivity index (χ0v) is 12.8. The zero-order chi connectivity index (χ0) is 13.1. The molecule has 0 aromatic carbocycles. The molecule has 0 bridgehead atoms. The molecular formula is C17H34O. The number of unbranched alkanes of at least 4 members (excludes halogenated alkanes) is 6. The number of ether oxygens (including phenoxy) is 1. The molecule has 0 radical (unpaired) electrons. The van der Waals surface area contributed by atoms with E-state index < -0.39 is 0 Å². The van der Waals surface area contributed by atoms with Gasteiger partial charge < -0.3 is 4.74 Å². The molecule has 1 atom stereocenters. The van der Waals surface area contributed by atoms with Gasteiger partial charge in [-0.1, -0.05) is 84.5 Å². The van der Waals surface area contributed by atoms with Gasteiger partial charge >= 0.3 is 0 Å². The monoisotopic (exact) mass is 254 g/mol. The van der Waals surface area contributed by atoms with E-state index in [1.54, 1.807) is 0 Å². The van der Waals surface area contributed by atoms with Crippen molar-refractivity contribution in [3.8, 4) is 0 Å². The predicted octanol–water partition coefficient (Wildman–Crippen LogP) is 5.72. The molecule has 2 aliphatic rings. The third-order valence-electron chi connectivity index (χ3n) is 3.94. The minimum atomic E-state index is 0.654. The van der Waals surface area contributed by atoms with Crippen LogP contribution in [0.3, 0.4) is 0 Å². The van der Waals surface area contributed by atoms with Crippen LogP contribution in [0, 0.1) is 5.92 Å². The molecule has 0 amide bonds. The molecule has 0 aromatic heterocycles. The highest BCUT2D eigenvalue weighted by atomic mass is 16.6. The van der Waals surface area contributed by atoms with Crippen LogP contribution < -0.4 is 0 Å². The second kappa shape index (κ2) is 10.8. The number of hydrogen-bond donors (Lipinski definition) is 0. The summed E-state index contributed by atoms with van der Waals surface area (Å²) in [5, 5.41) is 0. The van der Waals surface area contributed by atoms with Crippen molar-refractivity contribution in [2.24, 2.45) is 5.92 Å². The van der Waals surface area contributed by atoms with Crippen LogP contribution >= 0.6 is 0 Å². The topological polar surface area (TPSA) is 12.5 Å². The molecule has 1 saturated carbocycles. The van der Waals surface area contributed by atoms with Crippen molar-refractivity contribution in [2.75, 3.05) is 6.61 Å². The average molecular weight is 254 g/mol. The van der Waals surface area contributed by atoms with E-state index in [2.05, 4.69) is 13.8 Å². The lowest BCUT2D eigenvalue weighted by Crippen LogP contribution is -1.84. The van der Waals surface area contributed by atoms with E-state index in [4.69, 9.17) is 4.74 Å². The number of epoxide rings is 1. The summed E-state index contributed by atoms with van der Waals surface area (Å²) in [6.45, 7) is 5.56. The second-order valence-corrected chi connectivity index (χ2v) is 6.10. The first-order valence-corrected chi connectivity index (χ1v) is 8.48. The van der Waals surface area contributed by atoms with Gasteiger partial charge in [-0.3, -0.25) is 0 Å². The minimum absolute atomic E-state index is 0.654. The summed E-state index contributed by atoms with van der Waals surface area (Å²) >= 11 is 0.